The van der Waals surface area contributed by atoms with Crippen LogP contribution in [-0.4, -0.2) is 42.5 Å². The molecule has 0 radical (unpaired) electrons. The summed E-state index contributed by atoms with van der Waals surface area (Å²) in [6, 6.07) is 69.0. The Bertz CT molecular complexity index is 2220. The summed E-state index contributed by atoms with van der Waals surface area (Å²) in [5.41, 5.74) is 11.6. The van der Waals surface area contributed by atoms with Crippen molar-refractivity contribution in [2.45, 2.75) is 38.3 Å². The first-order valence-electron chi connectivity index (χ1n) is 19.6. The van der Waals surface area contributed by atoms with Crippen LogP contribution in [0.25, 0.3) is 11.1 Å². The van der Waals surface area contributed by atoms with Crippen LogP contribution in [0.3, 0.4) is 0 Å². The van der Waals surface area contributed by atoms with Crippen LogP contribution in [0.1, 0.15) is 36.6 Å². The third-order valence-corrected chi connectivity index (χ3v) is 11.4. The molecule has 0 aromatic heterocycles. The van der Waals surface area contributed by atoms with Gasteiger partial charge in [-0.15, -0.1) is 0 Å². The van der Waals surface area contributed by atoms with Gasteiger partial charge in [0.1, 0.15) is 24.6 Å². The minimum atomic E-state index is -1.22. The van der Waals surface area contributed by atoms with Crippen molar-refractivity contribution in [1.82, 2.24) is 0 Å². The Balaban J connectivity index is 0.000000161. The van der Waals surface area contributed by atoms with E-state index in [1.807, 2.05) is 26.0 Å². The number of hydrogen-bond donors (Lipinski definition) is 0. The van der Waals surface area contributed by atoms with E-state index in [0.29, 0.717) is 6.61 Å². The lowest BCUT2D eigenvalue weighted by molar-refractivity contribution is -0.607. The van der Waals surface area contributed by atoms with Gasteiger partial charge in [-0.3, -0.25) is 0 Å². The summed E-state index contributed by atoms with van der Waals surface area (Å²) >= 11 is 0. The molecule has 2 aliphatic heterocycles. The summed E-state index contributed by atoms with van der Waals surface area (Å²) in [4.78, 5) is 0. The third-order valence-electron chi connectivity index (χ3n) is 11.4. The summed E-state index contributed by atoms with van der Waals surface area (Å²) in [6.07, 6.45) is 0.928. The Kier molecular flexibility index (Phi) is 10.8. The normalized spacial score (nSPS) is 17.2. The topological polar surface area (TPSA) is 30.7 Å². The van der Waals surface area contributed by atoms with Gasteiger partial charge in [0, 0.05) is 11.1 Å². The van der Waals surface area contributed by atoms with Gasteiger partial charge in [-0.1, -0.05) is 176 Å². The average molecular weight is 734 g/mol. The maximum Gasteiger partial charge on any atom is 0.206 e. The highest BCUT2D eigenvalue weighted by Crippen LogP contribution is 2.37. The zero-order valence-electron chi connectivity index (χ0n) is 32.4. The Morgan fingerprint density at radius 1 is 0.554 bits per heavy atom. The van der Waals surface area contributed by atoms with Crippen LogP contribution in [0.4, 0.5) is 0 Å². The van der Waals surface area contributed by atoms with Crippen LogP contribution >= 0.6 is 0 Å². The van der Waals surface area contributed by atoms with Crippen LogP contribution < -0.4 is 26.6 Å². The molecule has 2 aliphatic rings. The fraction of sp³-hybridized carbons (Fsp3) is 0.157. The Hall–Kier alpha value is -6.01. The molecule has 7 aromatic rings. The number of methoxy groups -OCH3 is 1. The average Bonchev–Trinajstić information content (AvgIpc) is 3.42. The van der Waals surface area contributed by atoms with Gasteiger partial charge in [-0.05, 0) is 48.7 Å². The standard InChI is InChI=1S/C27H28NO3.C24H20B/c1-27(2)30-18-25(26(31-27)19-12-14-22(29-3)15-13-19)28-16-20-8-4-6-10-23(20)24-11-7-5-9-21(24)17-28;1-5-13-21(14-6-1)25(22-15-7-2-8-16-22,23-17-9-3-10-18-23)24-19-11-4-12-20-24/h4-16,25-26H,17-18H2,1-3H3;1-20H/q+1;-1/t25-,26-;/m0./s1. The Morgan fingerprint density at radius 2 is 1.02 bits per heavy atom. The lowest BCUT2D eigenvalue weighted by atomic mass is 9.13. The van der Waals surface area contributed by atoms with Gasteiger partial charge in [0.2, 0.25) is 6.04 Å². The molecular formula is C51H48BNO3. The minimum Gasteiger partial charge on any atom is -0.497 e. The molecule has 4 nitrogen and oxygen atoms in total. The Morgan fingerprint density at radius 3 is 1.54 bits per heavy atom. The summed E-state index contributed by atoms with van der Waals surface area (Å²) in [5, 5.41) is 0. The van der Waals surface area contributed by atoms with Crippen molar-refractivity contribution in [2.75, 3.05) is 13.7 Å². The first kappa shape index (κ1) is 36.9. The lowest BCUT2D eigenvalue weighted by Gasteiger charge is -2.44. The SMILES string of the molecule is COc1ccc([C@@H]2OC(C)(C)OC[C@@H]2[N+]2=Cc3ccccc3-c3ccccc3C2)cc1.c1ccc([B-](c2ccccc2)(c2ccccc2)c2ccccc2)cc1. The molecule has 0 spiro atoms. The number of rotatable bonds is 7. The predicted molar refractivity (Wildman–Crippen MR) is 232 cm³/mol. The van der Waals surface area contributed by atoms with Crippen molar-refractivity contribution in [3.63, 3.8) is 0 Å². The zero-order chi connectivity index (χ0) is 38.4. The van der Waals surface area contributed by atoms with Crippen molar-refractivity contribution in [1.29, 1.82) is 0 Å². The van der Waals surface area contributed by atoms with E-state index in [-0.39, 0.29) is 12.1 Å². The fourth-order valence-electron chi connectivity index (χ4n) is 8.68. The largest absolute Gasteiger partial charge is 0.497 e. The van der Waals surface area contributed by atoms with Crippen LogP contribution in [0, 0.1) is 0 Å². The zero-order valence-corrected chi connectivity index (χ0v) is 32.4. The molecular weight excluding hydrogens is 685 g/mol. The second-order valence-electron chi connectivity index (χ2n) is 15.1. The summed E-state index contributed by atoms with van der Waals surface area (Å²) in [7, 11) is 1.69. The molecule has 9 rings (SSSR count). The van der Waals surface area contributed by atoms with Gasteiger partial charge in [-0.2, -0.15) is 21.9 Å². The van der Waals surface area contributed by atoms with Crippen molar-refractivity contribution in [3.8, 4) is 16.9 Å². The quantitative estimate of drug-likeness (QED) is 0.122. The number of ether oxygens (including phenoxy) is 3. The maximum absolute atomic E-state index is 6.49. The van der Waals surface area contributed by atoms with Gasteiger partial charge in [-0.25, -0.2) is 4.58 Å². The second-order valence-corrected chi connectivity index (χ2v) is 15.1. The molecule has 0 aliphatic carbocycles. The van der Waals surface area contributed by atoms with E-state index in [9.17, 15) is 0 Å². The van der Waals surface area contributed by atoms with Crippen molar-refractivity contribution in [2.24, 2.45) is 0 Å². The molecule has 56 heavy (non-hydrogen) atoms. The van der Waals surface area contributed by atoms with Gasteiger partial charge < -0.3 is 14.2 Å². The molecule has 0 N–H and O–H groups in total. The molecule has 0 unspecified atom stereocenters. The summed E-state index contributed by atoms with van der Waals surface area (Å²) in [6.45, 7) is 5.35. The molecule has 7 aromatic carbocycles. The van der Waals surface area contributed by atoms with Crippen molar-refractivity contribution in [3.05, 3.63) is 211 Å². The summed E-state index contributed by atoms with van der Waals surface area (Å²) < 4.78 is 20.4. The van der Waals surface area contributed by atoms with Crippen LogP contribution in [-0.2, 0) is 16.0 Å². The molecule has 0 amide bonds. The molecule has 5 heteroatoms. The van der Waals surface area contributed by atoms with Gasteiger partial charge in [0.25, 0.3) is 0 Å². The monoisotopic (exact) mass is 733 g/mol. The number of hydrogen-bond acceptors (Lipinski definition) is 3. The number of nitrogens with zero attached hydrogens (tertiary/aromatic N) is 1. The Labute approximate surface area is 331 Å². The molecule has 2 atom stereocenters. The number of fused-ring (bicyclic) bond motifs is 3. The molecule has 1 fully saturated rings. The van der Waals surface area contributed by atoms with E-state index < -0.39 is 11.9 Å². The molecule has 0 saturated carbocycles. The van der Waals surface area contributed by atoms with E-state index in [2.05, 4.69) is 193 Å². The molecule has 0 bridgehead atoms. The molecule has 278 valence electrons. The second kappa shape index (κ2) is 16.4. The van der Waals surface area contributed by atoms with Gasteiger partial charge in [0.05, 0.1) is 7.11 Å². The number of benzene rings is 7. The fourth-order valence-corrected chi connectivity index (χ4v) is 8.68. The van der Waals surface area contributed by atoms with Crippen LogP contribution in [0.5, 0.6) is 5.75 Å². The highest BCUT2D eigenvalue weighted by atomic mass is 16.7. The first-order chi connectivity index (χ1) is 27.5. The predicted octanol–water partition coefficient (Wildman–Crippen LogP) is 8.26. The van der Waals surface area contributed by atoms with Gasteiger partial charge >= 0.3 is 0 Å². The van der Waals surface area contributed by atoms with E-state index in [4.69, 9.17) is 14.2 Å². The van der Waals surface area contributed by atoms with E-state index >= 15 is 0 Å². The highest BCUT2D eigenvalue weighted by Gasteiger charge is 2.44. The lowest BCUT2D eigenvalue weighted by Crippen LogP contribution is -2.74. The van der Waals surface area contributed by atoms with E-state index in [0.717, 1.165) is 17.9 Å². The van der Waals surface area contributed by atoms with Crippen molar-refractivity contribution >= 4 is 34.2 Å². The molecule has 1 saturated heterocycles. The molecule has 2 heterocycles. The summed E-state index contributed by atoms with van der Waals surface area (Å²) in [5.74, 6) is 0.207. The van der Waals surface area contributed by atoms with Crippen LogP contribution in [0.15, 0.2) is 194 Å². The maximum atomic E-state index is 6.49. The van der Waals surface area contributed by atoms with E-state index in [1.54, 1.807) is 7.11 Å². The van der Waals surface area contributed by atoms with Crippen LogP contribution in [0.2, 0.25) is 0 Å². The van der Waals surface area contributed by atoms with Crippen molar-refractivity contribution < 1.29 is 18.8 Å². The van der Waals surface area contributed by atoms with Gasteiger partial charge in [0.15, 0.2) is 18.5 Å². The minimum absolute atomic E-state index is 0.0423. The van der Waals surface area contributed by atoms with E-state index in [1.165, 1.54) is 44.1 Å². The first-order valence-corrected chi connectivity index (χ1v) is 19.6. The third kappa shape index (κ3) is 7.49. The highest BCUT2D eigenvalue weighted by molar-refractivity contribution is 7.19. The smallest absolute Gasteiger partial charge is 0.206 e.